The fourth-order valence-electron chi connectivity index (χ4n) is 2.45. The Bertz CT molecular complexity index is 1060. The zero-order valence-electron chi connectivity index (χ0n) is 14.4. The molecule has 0 saturated carbocycles. The molecule has 3 aromatic rings. The lowest BCUT2D eigenvalue weighted by molar-refractivity contribution is 0.402. The average molecular weight is 437 g/mol. The Labute approximate surface area is 160 Å². The third-order valence-corrected chi connectivity index (χ3v) is 5.80. The molecule has 8 heteroatoms. The Kier molecular flexibility index (Phi) is 5.06. The van der Waals surface area contributed by atoms with Gasteiger partial charge in [0.25, 0.3) is 10.0 Å². The van der Waals surface area contributed by atoms with Crippen LogP contribution in [0, 0.1) is 13.8 Å². The highest BCUT2D eigenvalue weighted by atomic mass is 79.9. The van der Waals surface area contributed by atoms with Gasteiger partial charge in [-0.2, -0.15) is 0 Å². The molecule has 0 unspecified atom stereocenters. The van der Waals surface area contributed by atoms with E-state index in [0.717, 1.165) is 11.3 Å². The SMILES string of the molecule is COc1cc(-c2cc(C)no2)ccc1S(=O)(=O)Nc1ccc(C)cc1Br. The number of halogens is 1. The van der Waals surface area contributed by atoms with Crippen molar-refractivity contribution in [2.45, 2.75) is 18.7 Å². The fourth-order valence-corrected chi connectivity index (χ4v) is 4.40. The molecule has 1 heterocycles. The van der Waals surface area contributed by atoms with Crippen LogP contribution >= 0.6 is 15.9 Å². The summed E-state index contributed by atoms with van der Waals surface area (Å²) in [6.07, 6.45) is 0. The molecule has 0 aliphatic rings. The second kappa shape index (κ2) is 7.13. The monoisotopic (exact) mass is 436 g/mol. The summed E-state index contributed by atoms with van der Waals surface area (Å²) in [5.41, 5.74) is 2.89. The minimum Gasteiger partial charge on any atom is -0.495 e. The zero-order valence-corrected chi connectivity index (χ0v) is 16.8. The molecule has 2 aromatic carbocycles. The Morgan fingerprint density at radius 2 is 1.88 bits per heavy atom. The van der Waals surface area contributed by atoms with Crippen LogP contribution in [0.4, 0.5) is 5.69 Å². The molecule has 0 aliphatic carbocycles. The lowest BCUT2D eigenvalue weighted by Gasteiger charge is -2.13. The van der Waals surface area contributed by atoms with Crippen LogP contribution in [-0.4, -0.2) is 20.7 Å². The van der Waals surface area contributed by atoms with E-state index in [4.69, 9.17) is 9.26 Å². The number of methoxy groups -OCH3 is 1. The fraction of sp³-hybridized carbons (Fsp3) is 0.167. The normalized spacial score (nSPS) is 11.4. The molecule has 3 rings (SSSR count). The maximum absolute atomic E-state index is 12.8. The summed E-state index contributed by atoms with van der Waals surface area (Å²) in [6, 6.07) is 11.9. The van der Waals surface area contributed by atoms with Crippen molar-refractivity contribution < 1.29 is 17.7 Å². The molecule has 0 bridgehead atoms. The van der Waals surface area contributed by atoms with E-state index in [1.165, 1.54) is 13.2 Å². The lowest BCUT2D eigenvalue weighted by atomic mass is 10.1. The molecule has 0 aliphatic heterocycles. The molecule has 0 radical (unpaired) electrons. The molecule has 136 valence electrons. The third kappa shape index (κ3) is 3.76. The summed E-state index contributed by atoms with van der Waals surface area (Å²) in [5.74, 6) is 0.756. The average Bonchev–Trinajstić information content (AvgIpc) is 3.03. The maximum atomic E-state index is 12.8. The number of aromatic nitrogens is 1. The second-order valence-electron chi connectivity index (χ2n) is 5.79. The van der Waals surface area contributed by atoms with Crippen LogP contribution in [0.15, 0.2) is 56.4 Å². The number of nitrogens with one attached hydrogen (secondary N) is 1. The molecule has 0 fully saturated rings. The van der Waals surface area contributed by atoms with E-state index < -0.39 is 10.0 Å². The first-order chi connectivity index (χ1) is 12.3. The first-order valence-electron chi connectivity index (χ1n) is 7.71. The van der Waals surface area contributed by atoms with Crippen LogP contribution in [0.1, 0.15) is 11.3 Å². The number of ether oxygens (including phenoxy) is 1. The van der Waals surface area contributed by atoms with Gasteiger partial charge in [-0.05, 0) is 65.7 Å². The molecule has 0 saturated heterocycles. The van der Waals surface area contributed by atoms with Crippen molar-refractivity contribution in [1.82, 2.24) is 5.16 Å². The molecular formula is C18H17BrN2O4S. The Morgan fingerprint density at radius 1 is 1.12 bits per heavy atom. The van der Waals surface area contributed by atoms with E-state index in [0.29, 0.717) is 21.5 Å². The van der Waals surface area contributed by atoms with Crippen LogP contribution in [0.25, 0.3) is 11.3 Å². The van der Waals surface area contributed by atoms with E-state index in [1.807, 2.05) is 26.0 Å². The van der Waals surface area contributed by atoms with Crippen molar-refractivity contribution in [2.75, 3.05) is 11.8 Å². The van der Waals surface area contributed by atoms with Gasteiger partial charge < -0.3 is 9.26 Å². The summed E-state index contributed by atoms with van der Waals surface area (Å²) >= 11 is 3.37. The summed E-state index contributed by atoms with van der Waals surface area (Å²) in [6.45, 7) is 3.74. The largest absolute Gasteiger partial charge is 0.495 e. The molecule has 6 nitrogen and oxygen atoms in total. The van der Waals surface area contributed by atoms with Crippen molar-refractivity contribution in [2.24, 2.45) is 0 Å². The quantitative estimate of drug-likeness (QED) is 0.634. The lowest BCUT2D eigenvalue weighted by Crippen LogP contribution is -2.14. The predicted molar refractivity (Wildman–Crippen MR) is 103 cm³/mol. The highest BCUT2D eigenvalue weighted by Gasteiger charge is 2.22. The van der Waals surface area contributed by atoms with Gasteiger partial charge in [0.05, 0.1) is 18.5 Å². The van der Waals surface area contributed by atoms with E-state index in [1.54, 1.807) is 24.3 Å². The number of anilines is 1. The van der Waals surface area contributed by atoms with Crippen LogP contribution in [0.2, 0.25) is 0 Å². The van der Waals surface area contributed by atoms with Gasteiger partial charge in [0, 0.05) is 16.1 Å². The molecule has 0 amide bonds. The van der Waals surface area contributed by atoms with Crippen molar-refractivity contribution in [3.05, 3.63) is 58.2 Å². The first kappa shape index (κ1) is 18.5. The van der Waals surface area contributed by atoms with Gasteiger partial charge in [0.1, 0.15) is 10.6 Å². The molecule has 26 heavy (non-hydrogen) atoms. The summed E-state index contributed by atoms with van der Waals surface area (Å²) in [7, 11) is -2.41. The predicted octanol–water partition coefficient (Wildman–Crippen LogP) is 4.53. The number of rotatable bonds is 5. The summed E-state index contributed by atoms with van der Waals surface area (Å²) < 4.78 is 39.4. The Hall–Kier alpha value is -2.32. The van der Waals surface area contributed by atoms with Crippen molar-refractivity contribution in [3.8, 4) is 17.1 Å². The molecule has 1 N–H and O–H groups in total. The topological polar surface area (TPSA) is 81.4 Å². The van der Waals surface area contributed by atoms with Gasteiger partial charge >= 0.3 is 0 Å². The minimum absolute atomic E-state index is 0.0347. The van der Waals surface area contributed by atoms with E-state index >= 15 is 0 Å². The van der Waals surface area contributed by atoms with Gasteiger partial charge in [-0.25, -0.2) is 8.42 Å². The standard InChI is InChI=1S/C18H17BrN2O4S/c1-11-4-6-15(14(19)8-11)21-26(22,23)18-7-5-13(10-17(18)24-3)16-9-12(2)20-25-16/h4-10,21H,1-3H3. The molecule has 1 aromatic heterocycles. The van der Waals surface area contributed by atoms with Gasteiger partial charge in [-0.1, -0.05) is 11.2 Å². The van der Waals surface area contributed by atoms with Gasteiger partial charge in [-0.15, -0.1) is 0 Å². The number of hydrogen-bond donors (Lipinski definition) is 1. The maximum Gasteiger partial charge on any atom is 0.265 e. The minimum atomic E-state index is -3.84. The van der Waals surface area contributed by atoms with Gasteiger partial charge in [0.15, 0.2) is 5.76 Å². The molecule has 0 atom stereocenters. The van der Waals surface area contributed by atoms with Gasteiger partial charge in [-0.3, -0.25) is 4.72 Å². The van der Waals surface area contributed by atoms with E-state index in [2.05, 4.69) is 25.8 Å². The number of nitrogens with zero attached hydrogens (tertiary/aromatic N) is 1. The highest BCUT2D eigenvalue weighted by molar-refractivity contribution is 9.10. The van der Waals surface area contributed by atoms with Crippen LogP contribution < -0.4 is 9.46 Å². The number of hydrogen-bond acceptors (Lipinski definition) is 5. The van der Waals surface area contributed by atoms with Crippen LogP contribution in [-0.2, 0) is 10.0 Å². The number of benzene rings is 2. The third-order valence-electron chi connectivity index (χ3n) is 3.73. The Morgan fingerprint density at radius 3 is 2.50 bits per heavy atom. The van der Waals surface area contributed by atoms with E-state index in [-0.39, 0.29) is 10.6 Å². The molecular weight excluding hydrogens is 420 g/mol. The first-order valence-corrected chi connectivity index (χ1v) is 9.98. The highest BCUT2D eigenvalue weighted by Crippen LogP contribution is 2.33. The number of aryl methyl sites for hydroxylation is 2. The molecule has 0 spiro atoms. The van der Waals surface area contributed by atoms with Crippen molar-refractivity contribution in [1.29, 1.82) is 0 Å². The summed E-state index contributed by atoms with van der Waals surface area (Å²) in [5, 5.41) is 3.84. The second-order valence-corrected chi connectivity index (χ2v) is 8.29. The van der Waals surface area contributed by atoms with Crippen LogP contribution in [0.3, 0.4) is 0 Å². The van der Waals surface area contributed by atoms with Crippen LogP contribution in [0.5, 0.6) is 5.75 Å². The zero-order chi connectivity index (χ0) is 18.9. The van der Waals surface area contributed by atoms with Gasteiger partial charge in [0.2, 0.25) is 0 Å². The van der Waals surface area contributed by atoms with E-state index in [9.17, 15) is 8.42 Å². The number of sulfonamides is 1. The van der Waals surface area contributed by atoms with Crippen molar-refractivity contribution >= 4 is 31.6 Å². The summed E-state index contributed by atoms with van der Waals surface area (Å²) in [4.78, 5) is 0.0347. The van der Waals surface area contributed by atoms with Crippen molar-refractivity contribution in [3.63, 3.8) is 0 Å². The smallest absolute Gasteiger partial charge is 0.265 e. The Balaban J connectivity index is 1.99.